The van der Waals surface area contributed by atoms with E-state index in [4.69, 9.17) is 0 Å². The summed E-state index contributed by atoms with van der Waals surface area (Å²) in [5, 5.41) is 19.4. The van der Waals surface area contributed by atoms with Gasteiger partial charge >= 0.3 is 0 Å². The van der Waals surface area contributed by atoms with Crippen molar-refractivity contribution in [3.05, 3.63) is 222 Å². The highest BCUT2D eigenvalue weighted by Crippen LogP contribution is 2.42. The van der Waals surface area contributed by atoms with Gasteiger partial charge in [0.1, 0.15) is 0 Å². The molecule has 1 heterocycles. The van der Waals surface area contributed by atoms with Crippen molar-refractivity contribution in [3.63, 3.8) is 0 Å². The molecule has 0 saturated carbocycles. The first-order valence-electron chi connectivity index (χ1n) is 20.6. The third-order valence-electron chi connectivity index (χ3n) is 12.7. The molecule has 11 aromatic rings. The molecule has 1 aliphatic rings. The van der Waals surface area contributed by atoms with E-state index in [1.165, 1.54) is 98.6 Å². The van der Waals surface area contributed by atoms with Crippen molar-refractivity contribution in [2.75, 3.05) is 0 Å². The van der Waals surface area contributed by atoms with Crippen molar-refractivity contribution >= 4 is 65.8 Å². The molecule has 2 nitrogen and oxygen atoms in total. The lowest BCUT2D eigenvalue weighted by molar-refractivity contribution is 1.19. The lowest BCUT2D eigenvalue weighted by Gasteiger charge is -2.14. The zero-order valence-corrected chi connectivity index (χ0v) is 32.7. The summed E-state index contributed by atoms with van der Waals surface area (Å²) in [6.45, 7) is 0. The summed E-state index contributed by atoms with van der Waals surface area (Å²) in [5.74, 6) is 0. The Hall–Kier alpha value is -7.99. The van der Waals surface area contributed by atoms with Gasteiger partial charge in [-0.2, -0.15) is 5.26 Å². The van der Waals surface area contributed by atoms with E-state index in [1.807, 2.05) is 24.3 Å². The number of aromatic nitrogens is 1. The average Bonchev–Trinajstić information content (AvgIpc) is 3.55. The predicted molar refractivity (Wildman–Crippen MR) is 252 cm³/mol. The van der Waals surface area contributed by atoms with E-state index in [0.717, 1.165) is 23.2 Å². The van der Waals surface area contributed by atoms with Crippen molar-refractivity contribution in [2.24, 2.45) is 0 Å². The Morgan fingerprint density at radius 2 is 0.933 bits per heavy atom. The molecule has 0 unspecified atom stereocenters. The second kappa shape index (κ2) is 13.6. The summed E-state index contributed by atoms with van der Waals surface area (Å²) in [4.78, 5) is 0. The van der Waals surface area contributed by atoms with E-state index in [9.17, 15) is 5.26 Å². The summed E-state index contributed by atoms with van der Waals surface area (Å²) < 4.78 is 2.44. The van der Waals surface area contributed by atoms with Crippen molar-refractivity contribution in [2.45, 2.75) is 6.42 Å². The molecule has 0 saturated heterocycles. The van der Waals surface area contributed by atoms with Crippen LogP contribution in [0.5, 0.6) is 0 Å². The van der Waals surface area contributed by atoms with E-state index >= 15 is 0 Å². The van der Waals surface area contributed by atoms with E-state index in [-0.39, 0.29) is 0 Å². The molecule has 278 valence electrons. The van der Waals surface area contributed by atoms with Crippen LogP contribution in [-0.2, 0) is 6.42 Å². The van der Waals surface area contributed by atoms with Gasteiger partial charge in [-0.25, -0.2) is 0 Å². The molecule has 12 rings (SSSR count). The van der Waals surface area contributed by atoms with Gasteiger partial charge in [-0.1, -0.05) is 158 Å². The highest BCUT2D eigenvalue weighted by atomic mass is 15.0. The van der Waals surface area contributed by atoms with E-state index in [1.54, 1.807) is 0 Å². The minimum Gasteiger partial charge on any atom is -0.309 e. The lowest BCUT2D eigenvalue weighted by Crippen LogP contribution is -1.95. The molecule has 10 aromatic carbocycles. The molecular weight excluding hydrogens is 725 g/mol. The Morgan fingerprint density at radius 1 is 0.383 bits per heavy atom. The van der Waals surface area contributed by atoms with Crippen LogP contribution >= 0.6 is 0 Å². The van der Waals surface area contributed by atoms with Crippen molar-refractivity contribution in [3.8, 4) is 45.1 Å². The van der Waals surface area contributed by atoms with Crippen LogP contribution in [0, 0.1) is 11.3 Å². The molecule has 0 amide bonds. The van der Waals surface area contributed by atoms with Crippen LogP contribution in [0.15, 0.2) is 200 Å². The number of rotatable bonds is 4. The second-order valence-electron chi connectivity index (χ2n) is 16.0. The first kappa shape index (κ1) is 34.1. The highest BCUT2D eigenvalue weighted by Gasteiger charge is 2.19. The van der Waals surface area contributed by atoms with Crippen molar-refractivity contribution in [1.82, 2.24) is 4.57 Å². The van der Waals surface area contributed by atoms with E-state index < -0.39 is 0 Å². The Kier molecular flexibility index (Phi) is 7.70. The van der Waals surface area contributed by atoms with E-state index in [2.05, 4.69) is 193 Å². The maximum atomic E-state index is 9.24. The summed E-state index contributed by atoms with van der Waals surface area (Å²) in [5.41, 5.74) is 16.5. The molecule has 0 N–H and O–H groups in total. The fourth-order valence-corrected chi connectivity index (χ4v) is 9.74. The first-order valence-corrected chi connectivity index (χ1v) is 20.6. The Morgan fingerprint density at radius 3 is 1.67 bits per heavy atom. The molecule has 0 fully saturated rings. The van der Waals surface area contributed by atoms with Gasteiger partial charge in [0.25, 0.3) is 0 Å². The number of nitrogens with zero attached hydrogens (tertiary/aromatic N) is 2. The molecule has 1 aromatic heterocycles. The average molecular weight is 761 g/mol. The number of allylic oxidation sites excluding steroid dienone is 1. The standard InChI is InChI=1S/C58H36N2/c59-36-37-17-19-38(20-18-37)39-21-23-40(24-22-39)45-31-43-9-1-2-10-47(43)54-33-41(25-26-44(54)32-45)42-27-30-58-56(34-42)53-15-7-8-16-57(53)60(58)46-28-29-52-50-13-4-3-11-48(50)49-12-5-6-14-51(49)55(52)35-46/h1-31,33-35H,32H2. The van der Waals surface area contributed by atoms with Gasteiger partial charge in [0, 0.05) is 16.5 Å². The number of benzene rings is 10. The second-order valence-corrected chi connectivity index (χ2v) is 16.0. The molecule has 60 heavy (non-hydrogen) atoms. The Bertz CT molecular complexity index is 3580. The van der Waals surface area contributed by atoms with Gasteiger partial charge in [0.05, 0.1) is 22.7 Å². The van der Waals surface area contributed by atoms with E-state index in [0.29, 0.717) is 5.56 Å². The van der Waals surface area contributed by atoms with Crippen LogP contribution in [-0.4, -0.2) is 4.57 Å². The Balaban J connectivity index is 0.946. The number of fused-ring (bicyclic) bond motifs is 12. The van der Waals surface area contributed by atoms with Gasteiger partial charge in [-0.15, -0.1) is 0 Å². The number of hydrogen-bond donors (Lipinski definition) is 0. The molecule has 2 heteroatoms. The van der Waals surface area contributed by atoms with Crippen LogP contribution in [0.4, 0.5) is 0 Å². The van der Waals surface area contributed by atoms with Crippen LogP contribution in [0.25, 0.3) is 105 Å². The maximum Gasteiger partial charge on any atom is 0.0991 e. The number of para-hydroxylation sites is 1. The molecule has 0 radical (unpaired) electrons. The maximum absolute atomic E-state index is 9.24. The summed E-state index contributed by atoms with van der Waals surface area (Å²) in [6, 6.07) is 75.1. The smallest absolute Gasteiger partial charge is 0.0991 e. The minimum absolute atomic E-state index is 0.674. The fraction of sp³-hybridized carbons (Fsp3) is 0.0172. The molecule has 0 bridgehead atoms. The zero-order chi connectivity index (χ0) is 39.7. The third-order valence-corrected chi connectivity index (χ3v) is 12.7. The summed E-state index contributed by atoms with van der Waals surface area (Å²) >= 11 is 0. The van der Waals surface area contributed by atoms with Gasteiger partial charge in [-0.3, -0.25) is 0 Å². The van der Waals surface area contributed by atoms with Crippen LogP contribution in [0.1, 0.15) is 22.3 Å². The zero-order valence-electron chi connectivity index (χ0n) is 32.7. The normalized spacial score (nSPS) is 12.3. The minimum atomic E-state index is 0.674. The largest absolute Gasteiger partial charge is 0.309 e. The van der Waals surface area contributed by atoms with Crippen LogP contribution in [0.3, 0.4) is 0 Å². The Labute approximate surface area is 348 Å². The first-order chi connectivity index (χ1) is 29.7. The number of hydrogen-bond acceptors (Lipinski definition) is 1. The van der Waals surface area contributed by atoms with Gasteiger partial charge < -0.3 is 4.57 Å². The molecule has 0 aliphatic heterocycles. The van der Waals surface area contributed by atoms with Gasteiger partial charge in [-0.05, 0) is 143 Å². The summed E-state index contributed by atoms with van der Waals surface area (Å²) in [7, 11) is 0. The predicted octanol–water partition coefficient (Wildman–Crippen LogP) is 15.2. The highest BCUT2D eigenvalue weighted by molar-refractivity contribution is 6.25. The summed E-state index contributed by atoms with van der Waals surface area (Å²) in [6.07, 6.45) is 3.20. The van der Waals surface area contributed by atoms with Gasteiger partial charge in [0.15, 0.2) is 0 Å². The molecule has 0 atom stereocenters. The molecular formula is C58H36N2. The number of nitriles is 1. The lowest BCUT2D eigenvalue weighted by atomic mass is 9.91. The third kappa shape index (κ3) is 5.41. The topological polar surface area (TPSA) is 28.7 Å². The monoisotopic (exact) mass is 760 g/mol. The SMILES string of the molecule is N#Cc1ccc(-c2ccc(C3=Cc4ccccc4-c4cc(-c5ccc6c(c5)c5ccccc5n6-c5ccc6c7ccccc7c7ccccc7c6c5)ccc4C3)cc2)cc1. The van der Waals surface area contributed by atoms with Crippen molar-refractivity contribution in [1.29, 1.82) is 5.26 Å². The fourth-order valence-electron chi connectivity index (χ4n) is 9.74. The van der Waals surface area contributed by atoms with Gasteiger partial charge in [0.2, 0.25) is 0 Å². The molecule has 1 aliphatic carbocycles. The quantitative estimate of drug-likeness (QED) is 0.164. The van der Waals surface area contributed by atoms with Crippen LogP contribution < -0.4 is 0 Å². The van der Waals surface area contributed by atoms with Crippen molar-refractivity contribution < 1.29 is 0 Å². The molecule has 0 spiro atoms. The van der Waals surface area contributed by atoms with Crippen LogP contribution in [0.2, 0.25) is 0 Å².